The van der Waals surface area contributed by atoms with Crippen LogP contribution in [0, 0.1) is 5.41 Å². The van der Waals surface area contributed by atoms with E-state index in [1.165, 1.54) is 0 Å². The van der Waals surface area contributed by atoms with Gasteiger partial charge in [0.05, 0.1) is 51.3 Å². The number of hydrogen-bond donors (Lipinski definition) is 4. The Balaban J connectivity index is 0. The number of aliphatic hydroxyl groups excluding tert-OH is 4. The van der Waals surface area contributed by atoms with Gasteiger partial charge in [0.2, 0.25) is 0 Å². The second kappa shape index (κ2) is 12.5. The van der Waals surface area contributed by atoms with Crippen molar-refractivity contribution in [1.29, 1.82) is 0 Å². The minimum atomic E-state index is -0.447. The molecule has 3 atom stereocenters. The lowest BCUT2D eigenvalue weighted by molar-refractivity contribution is -0.0620. The van der Waals surface area contributed by atoms with E-state index in [-0.39, 0.29) is 37.4 Å². The summed E-state index contributed by atoms with van der Waals surface area (Å²) in [5.41, 5.74) is -0.306. The molecule has 0 heterocycles. The lowest BCUT2D eigenvalue weighted by Crippen LogP contribution is -2.24. The summed E-state index contributed by atoms with van der Waals surface area (Å²) in [5.74, 6) is 0. The van der Waals surface area contributed by atoms with Gasteiger partial charge in [-0.05, 0) is 20.8 Å². The van der Waals surface area contributed by atoms with E-state index in [0.29, 0.717) is 13.2 Å². The number of ether oxygens (including phenoxy) is 2. The molecule has 0 aliphatic heterocycles. The van der Waals surface area contributed by atoms with Gasteiger partial charge in [-0.1, -0.05) is 13.8 Å². The average molecular weight is 296 g/mol. The van der Waals surface area contributed by atoms with E-state index >= 15 is 0 Å². The summed E-state index contributed by atoms with van der Waals surface area (Å²) in [4.78, 5) is 0. The van der Waals surface area contributed by atoms with Gasteiger partial charge in [0.25, 0.3) is 0 Å². The van der Waals surface area contributed by atoms with Crippen LogP contribution in [-0.2, 0) is 9.47 Å². The van der Waals surface area contributed by atoms with Crippen LogP contribution < -0.4 is 0 Å². The second-order valence-corrected chi connectivity index (χ2v) is 5.80. The molecular weight excluding hydrogens is 264 g/mol. The second-order valence-electron chi connectivity index (χ2n) is 5.80. The Labute approximate surface area is 122 Å². The predicted octanol–water partition coefficient (Wildman–Crippen LogP) is 0.167. The van der Waals surface area contributed by atoms with Crippen molar-refractivity contribution in [2.45, 2.75) is 52.9 Å². The van der Waals surface area contributed by atoms with Crippen molar-refractivity contribution in [3.63, 3.8) is 0 Å². The summed E-state index contributed by atoms with van der Waals surface area (Å²) in [5, 5.41) is 34.4. The fraction of sp³-hybridized carbons (Fsp3) is 1.00. The van der Waals surface area contributed by atoms with Crippen LogP contribution in [0.3, 0.4) is 0 Å². The normalized spacial score (nSPS) is 16.1. The summed E-state index contributed by atoms with van der Waals surface area (Å²) in [7, 11) is 0. The highest BCUT2D eigenvalue weighted by atomic mass is 16.5. The third-order valence-corrected chi connectivity index (χ3v) is 2.35. The topological polar surface area (TPSA) is 99.4 Å². The molecule has 4 N–H and O–H groups in total. The summed E-state index contributed by atoms with van der Waals surface area (Å²) in [6.45, 7) is 9.79. The fourth-order valence-corrected chi connectivity index (χ4v) is 0.754. The molecule has 0 fully saturated rings. The predicted molar refractivity (Wildman–Crippen MR) is 77.5 cm³/mol. The van der Waals surface area contributed by atoms with Crippen molar-refractivity contribution < 1.29 is 29.9 Å². The SMILES string of the molecule is CC(C)(CO)CO.CC(O)COC(C)COC(C)CO. The van der Waals surface area contributed by atoms with Crippen LogP contribution in [-0.4, -0.2) is 71.8 Å². The maximum absolute atomic E-state index is 8.92. The van der Waals surface area contributed by atoms with Gasteiger partial charge in [-0.15, -0.1) is 0 Å². The van der Waals surface area contributed by atoms with Crippen LogP contribution in [0.2, 0.25) is 0 Å². The molecule has 0 spiro atoms. The summed E-state index contributed by atoms with van der Waals surface area (Å²) in [6.07, 6.45) is -0.654. The highest BCUT2D eigenvalue weighted by molar-refractivity contribution is 4.63. The largest absolute Gasteiger partial charge is 0.396 e. The van der Waals surface area contributed by atoms with Gasteiger partial charge in [0.15, 0.2) is 0 Å². The van der Waals surface area contributed by atoms with Crippen molar-refractivity contribution >= 4 is 0 Å². The van der Waals surface area contributed by atoms with Gasteiger partial charge in [-0.2, -0.15) is 0 Å². The molecule has 0 aromatic carbocycles. The molecule has 0 saturated carbocycles. The van der Waals surface area contributed by atoms with Crippen molar-refractivity contribution in [3.8, 4) is 0 Å². The summed E-state index contributed by atoms with van der Waals surface area (Å²) >= 11 is 0. The zero-order chi connectivity index (χ0) is 16.2. The zero-order valence-electron chi connectivity index (χ0n) is 13.4. The van der Waals surface area contributed by atoms with Crippen molar-refractivity contribution in [3.05, 3.63) is 0 Å². The number of aliphatic hydroxyl groups is 4. The van der Waals surface area contributed by atoms with Crippen molar-refractivity contribution in [2.75, 3.05) is 33.0 Å². The van der Waals surface area contributed by atoms with Crippen LogP contribution >= 0.6 is 0 Å². The van der Waals surface area contributed by atoms with Gasteiger partial charge in [-0.25, -0.2) is 0 Å². The quantitative estimate of drug-likeness (QED) is 0.484. The maximum atomic E-state index is 8.92. The highest BCUT2D eigenvalue weighted by Gasteiger charge is 2.13. The first-order valence-electron chi connectivity index (χ1n) is 6.92. The molecule has 0 bridgehead atoms. The average Bonchev–Trinajstić information content (AvgIpc) is 2.43. The van der Waals surface area contributed by atoms with Crippen LogP contribution in [0.1, 0.15) is 34.6 Å². The fourth-order valence-electron chi connectivity index (χ4n) is 0.754. The minimum Gasteiger partial charge on any atom is -0.396 e. The molecule has 6 heteroatoms. The molecule has 0 rings (SSSR count). The van der Waals surface area contributed by atoms with E-state index in [4.69, 9.17) is 29.9 Å². The van der Waals surface area contributed by atoms with Gasteiger partial charge in [0.1, 0.15) is 0 Å². The third kappa shape index (κ3) is 15.8. The van der Waals surface area contributed by atoms with Gasteiger partial charge < -0.3 is 29.9 Å². The van der Waals surface area contributed by atoms with E-state index in [2.05, 4.69) is 0 Å². The molecule has 6 nitrogen and oxygen atoms in total. The molecular formula is C14H32O6. The Hall–Kier alpha value is -0.240. The van der Waals surface area contributed by atoms with E-state index in [1.54, 1.807) is 27.7 Å². The van der Waals surface area contributed by atoms with Crippen molar-refractivity contribution in [1.82, 2.24) is 0 Å². The van der Waals surface area contributed by atoms with Crippen molar-refractivity contribution in [2.24, 2.45) is 5.41 Å². The first-order valence-corrected chi connectivity index (χ1v) is 6.92. The van der Waals surface area contributed by atoms with E-state index < -0.39 is 6.10 Å². The first kappa shape index (κ1) is 22.0. The van der Waals surface area contributed by atoms with Crippen LogP contribution in [0.15, 0.2) is 0 Å². The molecule has 0 saturated heterocycles. The molecule has 0 aromatic rings. The highest BCUT2D eigenvalue weighted by Crippen LogP contribution is 2.10. The van der Waals surface area contributed by atoms with Gasteiger partial charge >= 0.3 is 0 Å². The van der Waals surface area contributed by atoms with E-state index in [0.717, 1.165) is 0 Å². The Morgan fingerprint density at radius 2 is 1.30 bits per heavy atom. The molecule has 0 radical (unpaired) electrons. The molecule has 0 amide bonds. The minimum absolute atomic E-state index is 0.0170. The standard InChI is InChI=1S/C9H20O4.C5H12O2/c1-7(11)5-12-9(3)6-13-8(2)4-10;1-5(2,3-6)4-7/h7-11H,4-6H2,1-3H3;6-7H,3-4H2,1-2H3. The smallest absolute Gasteiger partial charge is 0.0781 e. The summed E-state index contributed by atoms with van der Waals surface area (Å²) in [6, 6.07) is 0. The molecule has 3 unspecified atom stereocenters. The first-order chi connectivity index (χ1) is 9.18. The van der Waals surface area contributed by atoms with Crippen LogP contribution in [0.25, 0.3) is 0 Å². The molecule has 20 heavy (non-hydrogen) atoms. The monoisotopic (exact) mass is 296 g/mol. The van der Waals surface area contributed by atoms with Gasteiger partial charge in [0, 0.05) is 5.41 Å². The maximum Gasteiger partial charge on any atom is 0.0781 e. The molecule has 124 valence electrons. The zero-order valence-corrected chi connectivity index (χ0v) is 13.4. The van der Waals surface area contributed by atoms with E-state index in [9.17, 15) is 0 Å². The lowest BCUT2D eigenvalue weighted by atomic mass is 9.97. The Morgan fingerprint density at radius 3 is 1.60 bits per heavy atom. The van der Waals surface area contributed by atoms with E-state index in [1.807, 2.05) is 6.92 Å². The Bertz CT molecular complexity index is 202. The third-order valence-electron chi connectivity index (χ3n) is 2.35. The Morgan fingerprint density at radius 1 is 0.850 bits per heavy atom. The molecule has 0 aliphatic rings. The van der Waals surface area contributed by atoms with Crippen LogP contribution in [0.4, 0.5) is 0 Å². The summed E-state index contributed by atoms with van der Waals surface area (Å²) < 4.78 is 10.5. The number of hydrogen-bond acceptors (Lipinski definition) is 6. The van der Waals surface area contributed by atoms with Gasteiger partial charge in [-0.3, -0.25) is 0 Å². The molecule has 0 aromatic heterocycles. The Kier molecular flexibility index (Phi) is 13.8. The van der Waals surface area contributed by atoms with Crippen LogP contribution in [0.5, 0.6) is 0 Å². The number of rotatable bonds is 9. The molecule has 0 aliphatic carbocycles. The lowest BCUT2D eigenvalue weighted by Gasteiger charge is -2.16.